The monoisotopic (exact) mass is 372 g/mol. The summed E-state index contributed by atoms with van der Waals surface area (Å²) in [5.41, 5.74) is 1.23. The van der Waals surface area contributed by atoms with Gasteiger partial charge in [-0.25, -0.2) is 0 Å². The molecule has 1 saturated heterocycles. The summed E-state index contributed by atoms with van der Waals surface area (Å²) in [7, 11) is -1.88. The van der Waals surface area contributed by atoms with E-state index in [1.165, 1.54) is 4.31 Å². The Morgan fingerprint density at radius 2 is 1.92 bits per heavy atom. The summed E-state index contributed by atoms with van der Waals surface area (Å²) in [5, 5.41) is 4.24. The van der Waals surface area contributed by atoms with E-state index in [9.17, 15) is 8.76 Å². The number of benzene rings is 2. The van der Waals surface area contributed by atoms with Crippen LogP contribution >= 0.6 is 0 Å². The van der Waals surface area contributed by atoms with Gasteiger partial charge in [0.25, 0.3) is 0 Å². The van der Waals surface area contributed by atoms with Gasteiger partial charge in [0.1, 0.15) is 5.75 Å². The first-order chi connectivity index (χ1) is 12.5. The average Bonchev–Trinajstić information content (AvgIpc) is 3.30. The van der Waals surface area contributed by atoms with Crippen LogP contribution in [0.15, 0.2) is 64.6 Å². The molecule has 0 amide bonds. The Labute approximate surface area is 153 Å². The van der Waals surface area contributed by atoms with E-state index in [2.05, 4.69) is 5.16 Å². The van der Waals surface area contributed by atoms with Crippen molar-refractivity contribution >= 4 is 16.1 Å². The Bertz CT molecular complexity index is 869. The van der Waals surface area contributed by atoms with Crippen LogP contribution in [-0.4, -0.2) is 40.4 Å². The van der Waals surface area contributed by atoms with Crippen LogP contribution in [0.5, 0.6) is 5.75 Å². The number of sulfonamides is 1. The van der Waals surface area contributed by atoms with Gasteiger partial charge in [0, 0.05) is 19.4 Å². The summed E-state index contributed by atoms with van der Waals surface area (Å²) in [6, 6.07) is 16.1. The maximum Gasteiger partial charge on any atom is 0.175 e. The van der Waals surface area contributed by atoms with Gasteiger partial charge in [0.05, 0.1) is 19.4 Å². The zero-order chi connectivity index (χ0) is 18.2. The van der Waals surface area contributed by atoms with Gasteiger partial charge in [-0.3, -0.25) is 0 Å². The summed E-state index contributed by atoms with van der Waals surface area (Å²) < 4.78 is 32.3. The quantitative estimate of drug-likeness (QED) is 0.774. The highest BCUT2D eigenvalue weighted by molar-refractivity contribution is 7.95. The Hall–Kier alpha value is -2.22. The molecule has 136 valence electrons. The highest BCUT2D eigenvalue weighted by atomic mass is 32.3. The first-order valence-corrected chi connectivity index (χ1v) is 9.91. The van der Waals surface area contributed by atoms with Crippen molar-refractivity contribution in [3.05, 3.63) is 60.2 Å². The molecule has 0 bridgehead atoms. The molecular formula is C19H20N2O4S. The van der Waals surface area contributed by atoms with E-state index in [0.29, 0.717) is 30.8 Å². The minimum atomic E-state index is -3.51. The maximum absolute atomic E-state index is 12.8. The molecule has 2 aromatic carbocycles. The lowest BCUT2D eigenvalue weighted by atomic mass is 9.93. The number of hydrogen-bond donors (Lipinski definition) is 0. The molecule has 7 heteroatoms. The topological polar surface area (TPSA) is 74.2 Å². The van der Waals surface area contributed by atoms with Gasteiger partial charge in [-0.2, -0.15) is 0 Å². The smallest absolute Gasteiger partial charge is 0.175 e. The van der Waals surface area contributed by atoms with Gasteiger partial charge in [-0.15, -0.1) is 4.31 Å². The summed E-state index contributed by atoms with van der Waals surface area (Å²) in [6.45, 7) is 0.746. The van der Waals surface area contributed by atoms with Crippen LogP contribution < -0.4 is 4.74 Å². The van der Waals surface area contributed by atoms with Crippen molar-refractivity contribution < 1.29 is 18.3 Å². The third kappa shape index (κ3) is 3.02. The Balaban J connectivity index is 1.48. The first-order valence-electron chi connectivity index (χ1n) is 8.47. The molecule has 2 atom stereocenters. The summed E-state index contributed by atoms with van der Waals surface area (Å²) in [4.78, 5) is 6.05. The van der Waals surface area contributed by atoms with Crippen molar-refractivity contribution in [3.8, 4) is 5.75 Å². The molecule has 2 aliphatic heterocycles. The lowest BCUT2D eigenvalue weighted by molar-refractivity contribution is -0.00604. The van der Waals surface area contributed by atoms with Crippen molar-refractivity contribution in [2.24, 2.45) is 5.16 Å². The summed E-state index contributed by atoms with van der Waals surface area (Å²) >= 11 is 0. The highest BCUT2D eigenvalue weighted by Gasteiger charge is 2.51. The molecule has 2 aromatic rings. The van der Waals surface area contributed by atoms with Gasteiger partial charge >= 0.3 is 0 Å². The molecule has 0 radical (unpaired) electrons. The van der Waals surface area contributed by atoms with Crippen molar-refractivity contribution in [1.29, 1.82) is 0 Å². The first kappa shape index (κ1) is 17.2. The average molecular weight is 372 g/mol. The third-order valence-electron chi connectivity index (χ3n) is 4.92. The Morgan fingerprint density at radius 3 is 2.62 bits per heavy atom. The lowest BCUT2D eigenvalue weighted by Crippen LogP contribution is -2.39. The Morgan fingerprint density at radius 1 is 1.19 bits per heavy atom. The molecule has 26 heavy (non-hydrogen) atoms. The molecule has 6 nitrogen and oxygen atoms in total. The van der Waals surface area contributed by atoms with E-state index in [4.69, 9.17) is 9.57 Å². The normalized spacial score (nSPS) is 24.9. The minimum Gasteiger partial charge on any atom is -0.593 e. The zero-order valence-corrected chi connectivity index (χ0v) is 15.3. The second kappa shape index (κ2) is 6.50. The molecule has 0 aromatic heterocycles. The standard InChI is InChI=1S/C19H20N2O4S/c1-24-16-9-7-15(8-10-16)18-13-19(25-20-18)11-12-21(14-19)26(22,23)17-5-3-2-4-6-17/h2-10H,11-14H2,1H3. The number of ether oxygens (including phenoxy) is 1. The molecule has 1 spiro atoms. The molecule has 1 fully saturated rings. The lowest BCUT2D eigenvalue weighted by Gasteiger charge is -2.25. The molecule has 2 aliphatic rings. The SMILES string of the molecule is COc1ccc(C2=NOC3(CCN([S+](=O)([O-])c4ccccc4)C3)C2)cc1. The third-order valence-corrected chi connectivity index (χ3v) is 6.78. The second-order valence-electron chi connectivity index (χ2n) is 6.62. The molecule has 0 saturated carbocycles. The minimum absolute atomic E-state index is 0.311. The van der Waals surface area contributed by atoms with Gasteiger partial charge in [-0.05, 0) is 42.0 Å². The predicted molar refractivity (Wildman–Crippen MR) is 97.7 cm³/mol. The van der Waals surface area contributed by atoms with Crippen LogP contribution in [0.1, 0.15) is 18.4 Å². The van der Waals surface area contributed by atoms with Crippen molar-refractivity contribution in [1.82, 2.24) is 4.31 Å². The van der Waals surface area contributed by atoms with Gasteiger partial charge < -0.3 is 14.1 Å². The molecular weight excluding hydrogens is 352 g/mol. The number of hydrogen-bond acceptors (Lipinski definition) is 5. The van der Waals surface area contributed by atoms with E-state index in [1.807, 2.05) is 24.3 Å². The van der Waals surface area contributed by atoms with Crippen LogP contribution in [0, 0.1) is 0 Å². The van der Waals surface area contributed by atoms with Crippen LogP contribution in [0.25, 0.3) is 0 Å². The summed E-state index contributed by atoms with van der Waals surface area (Å²) in [5.74, 6) is 0.781. The van der Waals surface area contributed by atoms with E-state index in [0.717, 1.165) is 17.0 Å². The van der Waals surface area contributed by atoms with Crippen molar-refractivity contribution in [2.45, 2.75) is 23.3 Å². The predicted octanol–water partition coefficient (Wildman–Crippen LogP) is 2.87. The zero-order valence-electron chi connectivity index (χ0n) is 14.5. The van der Waals surface area contributed by atoms with Crippen molar-refractivity contribution in [2.75, 3.05) is 20.2 Å². The van der Waals surface area contributed by atoms with E-state index in [1.54, 1.807) is 37.4 Å². The van der Waals surface area contributed by atoms with Crippen molar-refractivity contribution in [3.63, 3.8) is 0 Å². The highest BCUT2D eigenvalue weighted by Crippen LogP contribution is 2.38. The van der Waals surface area contributed by atoms with Crippen LogP contribution in [-0.2, 0) is 19.4 Å². The van der Waals surface area contributed by atoms with E-state index < -0.39 is 16.0 Å². The maximum atomic E-state index is 12.8. The fourth-order valence-corrected chi connectivity index (χ4v) is 4.97. The second-order valence-corrected chi connectivity index (χ2v) is 8.56. The van der Waals surface area contributed by atoms with Gasteiger partial charge in [0.15, 0.2) is 20.9 Å². The molecule has 0 aliphatic carbocycles. The van der Waals surface area contributed by atoms with Crippen LogP contribution in [0.2, 0.25) is 0 Å². The number of methoxy groups -OCH3 is 1. The van der Waals surface area contributed by atoms with E-state index >= 15 is 0 Å². The Kier molecular flexibility index (Phi) is 4.30. The number of oxime groups is 1. The van der Waals surface area contributed by atoms with Crippen LogP contribution in [0.4, 0.5) is 0 Å². The molecule has 0 N–H and O–H groups in total. The number of nitrogens with zero attached hydrogens (tertiary/aromatic N) is 2. The molecule has 2 heterocycles. The van der Waals surface area contributed by atoms with Gasteiger partial charge in [-0.1, -0.05) is 27.6 Å². The van der Waals surface area contributed by atoms with E-state index in [-0.39, 0.29) is 0 Å². The largest absolute Gasteiger partial charge is 0.593 e. The fourth-order valence-electron chi connectivity index (χ4n) is 3.43. The van der Waals surface area contributed by atoms with Crippen LogP contribution in [0.3, 0.4) is 0 Å². The molecule has 4 rings (SSSR count). The van der Waals surface area contributed by atoms with Gasteiger partial charge in [0.2, 0.25) is 0 Å². The number of rotatable bonds is 4. The summed E-state index contributed by atoms with van der Waals surface area (Å²) in [6.07, 6.45) is 1.22. The fraction of sp³-hybridized carbons (Fsp3) is 0.316. The molecule has 2 unspecified atom stereocenters.